The molecule has 0 aliphatic carbocycles. The van der Waals surface area contributed by atoms with Crippen LogP contribution >= 0.6 is 15.9 Å². The molecular weight excluding hydrogens is 638 g/mol. The number of anilines is 2. The van der Waals surface area contributed by atoms with Gasteiger partial charge in [-0.25, -0.2) is 9.97 Å². The molecule has 1 saturated heterocycles. The van der Waals surface area contributed by atoms with Crippen LogP contribution in [-0.4, -0.2) is 98.5 Å². The van der Waals surface area contributed by atoms with Crippen LogP contribution in [0.25, 0.3) is 22.2 Å². The highest BCUT2D eigenvalue weighted by Gasteiger charge is 2.25. The molecule has 1 aliphatic heterocycles. The molecule has 2 aromatic carbocycles. The Kier molecular flexibility index (Phi) is 9.01. The number of carbonyl (C=O) groups excluding carboxylic acids is 1. The maximum atomic E-state index is 13.0. The fourth-order valence-electron chi connectivity index (χ4n) is 5.77. The number of piperazine rings is 1. The highest BCUT2D eigenvalue weighted by atomic mass is 79.9. The third-order valence-corrected chi connectivity index (χ3v) is 8.77. The number of aromatic nitrogens is 5. The van der Waals surface area contributed by atoms with Gasteiger partial charge in [-0.2, -0.15) is 0 Å². The summed E-state index contributed by atoms with van der Waals surface area (Å²) in [5.74, 6) is 0.562. The number of aromatic hydroxyl groups is 1. The number of halogens is 1. The quantitative estimate of drug-likeness (QED) is 0.172. The molecule has 0 saturated carbocycles. The number of nitrogens with one attached hydrogen (secondary N) is 3. The number of hydrogen-bond acceptors (Lipinski definition) is 9. The van der Waals surface area contributed by atoms with E-state index >= 15 is 0 Å². The predicted octanol–water partition coefficient (Wildman–Crippen LogP) is 4.17. The van der Waals surface area contributed by atoms with Crippen molar-refractivity contribution in [1.82, 2.24) is 39.8 Å². The van der Waals surface area contributed by atoms with Crippen LogP contribution in [0.4, 0.5) is 11.6 Å². The van der Waals surface area contributed by atoms with E-state index in [4.69, 9.17) is 9.72 Å². The normalized spacial score (nSPS) is 14.8. The van der Waals surface area contributed by atoms with Crippen LogP contribution in [0.3, 0.4) is 0 Å². The number of hydrogen-bond donors (Lipinski definition) is 4. The monoisotopic (exact) mass is 673 g/mol. The minimum Gasteiger partial charge on any atom is -0.507 e. The fraction of sp³-hybridized carbons (Fsp3) is 0.312. The number of aryl methyl sites for hydroxylation is 1. The Bertz CT molecular complexity index is 1810. The van der Waals surface area contributed by atoms with Gasteiger partial charge < -0.3 is 30.4 Å². The average molecular weight is 675 g/mol. The first kappa shape index (κ1) is 30.6. The Morgan fingerprint density at radius 3 is 2.71 bits per heavy atom. The SMILES string of the molecule is COc1nn(C)cc1Nc1ncc(Br)c(-c2c[nH]c3c(C[C@H](CNC(=O)c4ccccc4O)N4CCN(C)CC4)cccc23)n1. The van der Waals surface area contributed by atoms with Gasteiger partial charge in [-0.1, -0.05) is 30.3 Å². The van der Waals surface area contributed by atoms with Crippen molar-refractivity contribution in [2.75, 3.05) is 52.2 Å². The Hall–Kier alpha value is -4.46. The number of para-hydroxylation sites is 2. The fourth-order valence-corrected chi connectivity index (χ4v) is 6.17. The molecule has 0 unspecified atom stereocenters. The zero-order valence-electron chi connectivity index (χ0n) is 25.4. The summed E-state index contributed by atoms with van der Waals surface area (Å²) in [5, 5.41) is 21.8. The van der Waals surface area contributed by atoms with Crippen LogP contribution < -0.4 is 15.4 Å². The molecule has 3 aromatic heterocycles. The highest BCUT2D eigenvalue weighted by molar-refractivity contribution is 9.10. The maximum absolute atomic E-state index is 13.0. The third-order valence-electron chi connectivity index (χ3n) is 8.19. The van der Waals surface area contributed by atoms with Crippen LogP contribution in [-0.2, 0) is 13.5 Å². The summed E-state index contributed by atoms with van der Waals surface area (Å²) in [6.07, 6.45) is 6.23. The van der Waals surface area contributed by atoms with Gasteiger partial charge in [0.25, 0.3) is 11.8 Å². The molecule has 4 heterocycles. The number of amides is 1. The minimum absolute atomic E-state index is 0.0244. The summed E-state index contributed by atoms with van der Waals surface area (Å²) in [5.41, 5.74) is 4.78. The molecule has 1 amide bonds. The van der Waals surface area contributed by atoms with E-state index in [9.17, 15) is 9.90 Å². The van der Waals surface area contributed by atoms with E-state index in [0.717, 1.165) is 64.8 Å². The number of aromatic amines is 1. The molecule has 12 nitrogen and oxygen atoms in total. The lowest BCUT2D eigenvalue weighted by atomic mass is 9.99. The van der Waals surface area contributed by atoms with Gasteiger partial charge in [-0.05, 0) is 47.1 Å². The van der Waals surface area contributed by atoms with Crippen molar-refractivity contribution >= 4 is 44.4 Å². The number of phenols is 1. The molecule has 0 bridgehead atoms. The number of rotatable bonds is 10. The molecule has 5 aromatic rings. The third kappa shape index (κ3) is 6.65. The number of phenolic OH excluding ortho intramolecular Hbond substituents is 1. The van der Waals surface area contributed by atoms with Gasteiger partial charge in [0.1, 0.15) is 11.4 Å². The van der Waals surface area contributed by atoms with E-state index in [0.29, 0.717) is 24.1 Å². The zero-order chi connectivity index (χ0) is 31.5. The Morgan fingerprint density at radius 1 is 1.13 bits per heavy atom. The molecular formula is C32H36BrN9O3. The summed E-state index contributed by atoms with van der Waals surface area (Å²) >= 11 is 3.65. The van der Waals surface area contributed by atoms with E-state index in [1.165, 1.54) is 6.07 Å². The molecule has 234 valence electrons. The van der Waals surface area contributed by atoms with E-state index < -0.39 is 0 Å². The van der Waals surface area contributed by atoms with Crippen molar-refractivity contribution in [1.29, 1.82) is 0 Å². The maximum Gasteiger partial charge on any atom is 0.256 e. The minimum atomic E-state index is -0.283. The van der Waals surface area contributed by atoms with Crippen LogP contribution in [0.5, 0.6) is 11.6 Å². The number of methoxy groups -OCH3 is 1. The molecule has 6 rings (SSSR count). The highest BCUT2D eigenvalue weighted by Crippen LogP contribution is 2.35. The van der Waals surface area contributed by atoms with Crippen molar-refractivity contribution < 1.29 is 14.6 Å². The van der Waals surface area contributed by atoms with Gasteiger partial charge in [0.15, 0.2) is 0 Å². The van der Waals surface area contributed by atoms with Crippen molar-refractivity contribution in [2.24, 2.45) is 7.05 Å². The number of ether oxygens (including phenoxy) is 1. The van der Waals surface area contributed by atoms with Gasteiger partial charge in [-0.3, -0.25) is 14.4 Å². The topological polar surface area (TPSA) is 136 Å². The van der Waals surface area contributed by atoms with E-state index in [1.807, 2.05) is 19.4 Å². The van der Waals surface area contributed by atoms with E-state index in [-0.39, 0.29) is 23.3 Å². The Morgan fingerprint density at radius 2 is 1.93 bits per heavy atom. The number of fused-ring (bicyclic) bond motifs is 1. The molecule has 1 atom stereocenters. The first-order valence-corrected chi connectivity index (χ1v) is 15.6. The summed E-state index contributed by atoms with van der Waals surface area (Å²) < 4.78 is 7.79. The standard InChI is InChI=1S/C32H36BrN9O3/c1-40-11-13-42(14-12-40)21(16-35-30(44)23-8-4-5-10-27(23)43)15-20-7-6-9-22-24(17-34-28(20)22)29-25(33)18-36-32(38-29)37-26-19-41(2)39-31(26)45-3/h4-10,17-19,21,34,43H,11-16H2,1-3H3,(H,35,44)(H,36,37,38)/t21-/m1/s1. The van der Waals surface area contributed by atoms with Gasteiger partial charge in [-0.15, -0.1) is 5.10 Å². The predicted molar refractivity (Wildman–Crippen MR) is 177 cm³/mol. The molecule has 0 spiro atoms. The molecule has 13 heteroatoms. The van der Waals surface area contributed by atoms with Gasteiger partial charge in [0, 0.05) is 74.7 Å². The van der Waals surface area contributed by atoms with Crippen molar-refractivity contribution in [3.05, 3.63) is 76.7 Å². The summed E-state index contributed by atoms with van der Waals surface area (Å²) in [7, 11) is 5.52. The zero-order valence-corrected chi connectivity index (χ0v) is 27.0. The average Bonchev–Trinajstić information content (AvgIpc) is 3.63. The first-order valence-electron chi connectivity index (χ1n) is 14.8. The number of H-pyrrole nitrogens is 1. The number of nitrogens with zero attached hydrogens (tertiary/aromatic N) is 6. The number of benzene rings is 2. The summed E-state index contributed by atoms with van der Waals surface area (Å²) in [6, 6.07) is 13.0. The lowest BCUT2D eigenvalue weighted by molar-refractivity contribution is 0.0884. The Labute approximate surface area is 269 Å². The number of likely N-dealkylation sites (N-methyl/N-ethyl adjacent to an activating group) is 1. The largest absolute Gasteiger partial charge is 0.507 e. The van der Waals surface area contributed by atoms with Crippen LogP contribution in [0.2, 0.25) is 0 Å². The smallest absolute Gasteiger partial charge is 0.256 e. The molecule has 45 heavy (non-hydrogen) atoms. The summed E-state index contributed by atoms with van der Waals surface area (Å²) in [4.78, 5) is 30.6. The molecule has 4 N–H and O–H groups in total. The van der Waals surface area contributed by atoms with Crippen molar-refractivity contribution in [2.45, 2.75) is 12.5 Å². The second-order valence-electron chi connectivity index (χ2n) is 11.2. The molecule has 1 aliphatic rings. The van der Waals surface area contributed by atoms with Gasteiger partial charge >= 0.3 is 0 Å². The van der Waals surface area contributed by atoms with Crippen LogP contribution in [0.1, 0.15) is 15.9 Å². The summed E-state index contributed by atoms with van der Waals surface area (Å²) in [6.45, 7) is 4.19. The van der Waals surface area contributed by atoms with E-state index in [2.05, 4.69) is 76.7 Å². The van der Waals surface area contributed by atoms with Crippen LogP contribution in [0, 0.1) is 0 Å². The van der Waals surface area contributed by atoms with E-state index in [1.54, 1.807) is 36.2 Å². The van der Waals surface area contributed by atoms with Gasteiger partial charge in [0.05, 0.1) is 29.0 Å². The molecule has 0 radical (unpaired) electrons. The second kappa shape index (κ2) is 13.3. The second-order valence-corrected chi connectivity index (χ2v) is 12.1. The lowest BCUT2D eigenvalue weighted by Gasteiger charge is -2.38. The first-order chi connectivity index (χ1) is 21.8. The van der Waals surface area contributed by atoms with Crippen LogP contribution in [0.15, 0.2) is 65.5 Å². The van der Waals surface area contributed by atoms with Crippen molar-refractivity contribution in [3.63, 3.8) is 0 Å². The molecule has 1 fully saturated rings. The van der Waals surface area contributed by atoms with Gasteiger partial charge in [0.2, 0.25) is 5.95 Å². The Balaban J connectivity index is 1.27. The lowest BCUT2D eigenvalue weighted by Crippen LogP contribution is -2.53. The van der Waals surface area contributed by atoms with Crippen molar-refractivity contribution in [3.8, 4) is 22.9 Å². The number of carbonyl (C=O) groups is 1.